The number of esters is 1. The molecular weight excluding hydrogens is 254 g/mol. The molecule has 1 N–H and O–H groups in total. The summed E-state index contributed by atoms with van der Waals surface area (Å²) in [7, 11) is 0. The van der Waals surface area contributed by atoms with E-state index in [0.717, 1.165) is 32.4 Å². The van der Waals surface area contributed by atoms with Crippen molar-refractivity contribution in [2.24, 2.45) is 0 Å². The van der Waals surface area contributed by atoms with Crippen molar-refractivity contribution in [1.29, 1.82) is 0 Å². The van der Waals surface area contributed by atoms with E-state index in [1.165, 1.54) is 32.1 Å². The molecule has 1 aliphatic carbocycles. The summed E-state index contributed by atoms with van der Waals surface area (Å²) in [6, 6.07) is 0.559. The molecule has 0 amide bonds. The average molecular weight is 283 g/mol. The number of carbonyl (C=O) groups is 1. The molecule has 116 valence electrons. The minimum Gasteiger partial charge on any atom is -0.466 e. The van der Waals surface area contributed by atoms with Gasteiger partial charge in [0.2, 0.25) is 0 Å². The van der Waals surface area contributed by atoms with Crippen LogP contribution in [-0.4, -0.2) is 37.4 Å². The van der Waals surface area contributed by atoms with Crippen molar-refractivity contribution in [3.05, 3.63) is 0 Å². The number of nitrogens with one attached hydrogen (secondary N) is 1. The van der Waals surface area contributed by atoms with Gasteiger partial charge in [0.05, 0.1) is 12.2 Å². The molecule has 2 rings (SSSR count). The van der Waals surface area contributed by atoms with E-state index >= 15 is 0 Å². The third kappa shape index (κ3) is 4.74. The van der Waals surface area contributed by atoms with Gasteiger partial charge >= 0.3 is 5.97 Å². The zero-order valence-corrected chi connectivity index (χ0v) is 12.8. The second-order valence-electron chi connectivity index (χ2n) is 6.14. The quantitative estimate of drug-likeness (QED) is 0.601. The van der Waals surface area contributed by atoms with E-state index in [4.69, 9.17) is 9.47 Å². The highest BCUT2D eigenvalue weighted by Crippen LogP contribution is 2.38. The van der Waals surface area contributed by atoms with Crippen LogP contribution in [-0.2, 0) is 14.3 Å². The zero-order valence-electron chi connectivity index (χ0n) is 12.8. The minimum absolute atomic E-state index is 0.0787. The van der Waals surface area contributed by atoms with Gasteiger partial charge in [0.25, 0.3) is 0 Å². The van der Waals surface area contributed by atoms with Gasteiger partial charge in [-0.15, -0.1) is 0 Å². The molecule has 2 aliphatic rings. The Balaban J connectivity index is 1.64. The van der Waals surface area contributed by atoms with Gasteiger partial charge in [-0.25, -0.2) is 0 Å². The van der Waals surface area contributed by atoms with Crippen LogP contribution in [0.4, 0.5) is 0 Å². The molecule has 0 bridgehead atoms. The van der Waals surface area contributed by atoms with E-state index < -0.39 is 0 Å². The fourth-order valence-electron chi connectivity index (χ4n) is 3.52. The lowest BCUT2D eigenvalue weighted by molar-refractivity contribution is -0.143. The average Bonchev–Trinajstić information content (AvgIpc) is 2.45. The van der Waals surface area contributed by atoms with Crippen LogP contribution in [0, 0.1) is 0 Å². The van der Waals surface area contributed by atoms with Crippen LogP contribution in [0.5, 0.6) is 0 Å². The lowest BCUT2D eigenvalue weighted by Crippen LogP contribution is -2.48. The summed E-state index contributed by atoms with van der Waals surface area (Å²) >= 11 is 0. The van der Waals surface area contributed by atoms with Crippen molar-refractivity contribution in [2.75, 3.05) is 19.8 Å². The molecule has 0 radical (unpaired) electrons. The van der Waals surface area contributed by atoms with Crippen LogP contribution in [0.3, 0.4) is 0 Å². The maximum absolute atomic E-state index is 11.3. The first-order chi connectivity index (χ1) is 9.74. The first-order valence-electron chi connectivity index (χ1n) is 8.27. The van der Waals surface area contributed by atoms with E-state index in [1.54, 1.807) is 0 Å². The first-order valence-corrected chi connectivity index (χ1v) is 8.27. The number of hydrogen-bond acceptors (Lipinski definition) is 4. The first kappa shape index (κ1) is 15.8. The molecule has 0 aromatic carbocycles. The Bertz CT molecular complexity index is 295. The Kier molecular flexibility index (Phi) is 6.30. The van der Waals surface area contributed by atoms with Crippen molar-refractivity contribution in [3.63, 3.8) is 0 Å². The topological polar surface area (TPSA) is 47.6 Å². The van der Waals surface area contributed by atoms with E-state index in [-0.39, 0.29) is 11.6 Å². The van der Waals surface area contributed by atoms with Crippen LogP contribution >= 0.6 is 0 Å². The largest absolute Gasteiger partial charge is 0.466 e. The molecule has 1 unspecified atom stereocenters. The normalized spacial score (nSPS) is 25.6. The van der Waals surface area contributed by atoms with Gasteiger partial charge < -0.3 is 14.8 Å². The van der Waals surface area contributed by atoms with E-state index in [1.807, 2.05) is 6.92 Å². The van der Waals surface area contributed by atoms with Gasteiger partial charge in [0.1, 0.15) is 0 Å². The van der Waals surface area contributed by atoms with Crippen LogP contribution in [0.2, 0.25) is 0 Å². The molecule has 2 fully saturated rings. The third-order valence-corrected chi connectivity index (χ3v) is 4.55. The fourth-order valence-corrected chi connectivity index (χ4v) is 3.52. The van der Waals surface area contributed by atoms with Gasteiger partial charge in [0, 0.05) is 19.1 Å². The predicted molar refractivity (Wildman–Crippen MR) is 78.7 cm³/mol. The lowest BCUT2D eigenvalue weighted by Gasteiger charge is -2.43. The van der Waals surface area contributed by atoms with Gasteiger partial charge in [0.15, 0.2) is 0 Å². The van der Waals surface area contributed by atoms with Crippen molar-refractivity contribution in [3.8, 4) is 0 Å². The third-order valence-electron chi connectivity index (χ3n) is 4.55. The SMILES string of the molecule is CCOC(=O)CCCNC1CCOC2(CCCCC2)C1. The van der Waals surface area contributed by atoms with Crippen molar-refractivity contribution < 1.29 is 14.3 Å². The summed E-state index contributed by atoms with van der Waals surface area (Å²) in [5.74, 6) is -0.0787. The summed E-state index contributed by atoms with van der Waals surface area (Å²) in [5.41, 5.74) is 0.162. The standard InChI is InChI=1S/C16H29NO3/c1-2-19-15(18)7-6-11-17-14-8-12-20-16(13-14)9-4-3-5-10-16/h14,17H,2-13H2,1H3. The highest BCUT2D eigenvalue weighted by molar-refractivity contribution is 5.69. The summed E-state index contributed by atoms with van der Waals surface area (Å²) in [5, 5.41) is 3.60. The number of hydrogen-bond donors (Lipinski definition) is 1. The molecule has 1 aliphatic heterocycles. The van der Waals surface area contributed by atoms with Crippen LogP contribution in [0.1, 0.15) is 64.7 Å². The minimum atomic E-state index is -0.0787. The molecule has 0 aromatic heterocycles. The van der Waals surface area contributed by atoms with Gasteiger partial charge in [-0.3, -0.25) is 4.79 Å². The summed E-state index contributed by atoms with van der Waals surface area (Å²) < 4.78 is 11.0. The maximum Gasteiger partial charge on any atom is 0.305 e. The smallest absolute Gasteiger partial charge is 0.305 e. The fraction of sp³-hybridized carbons (Fsp3) is 0.938. The molecule has 1 atom stereocenters. The van der Waals surface area contributed by atoms with Crippen LogP contribution in [0.25, 0.3) is 0 Å². The second kappa shape index (κ2) is 7.99. The highest BCUT2D eigenvalue weighted by atomic mass is 16.5. The zero-order chi connectivity index (χ0) is 14.3. The van der Waals surface area contributed by atoms with Crippen LogP contribution < -0.4 is 5.32 Å². The van der Waals surface area contributed by atoms with Crippen molar-refractivity contribution in [2.45, 2.75) is 76.4 Å². The number of rotatable bonds is 6. The number of carbonyl (C=O) groups excluding carboxylic acids is 1. The summed E-state index contributed by atoms with van der Waals surface area (Å²) in [6.07, 6.45) is 10.1. The maximum atomic E-state index is 11.3. The van der Waals surface area contributed by atoms with E-state index in [2.05, 4.69) is 5.32 Å². The molecule has 1 spiro atoms. The van der Waals surface area contributed by atoms with Crippen LogP contribution in [0.15, 0.2) is 0 Å². The molecule has 1 saturated carbocycles. The Morgan fingerprint density at radius 1 is 1.35 bits per heavy atom. The second-order valence-corrected chi connectivity index (χ2v) is 6.14. The highest BCUT2D eigenvalue weighted by Gasteiger charge is 2.38. The van der Waals surface area contributed by atoms with Gasteiger partial charge in [-0.05, 0) is 45.6 Å². The molecule has 1 saturated heterocycles. The molecule has 0 aromatic rings. The Morgan fingerprint density at radius 2 is 2.15 bits per heavy atom. The van der Waals surface area contributed by atoms with E-state index in [0.29, 0.717) is 19.1 Å². The predicted octanol–water partition coefficient (Wildman–Crippen LogP) is 2.80. The summed E-state index contributed by atoms with van der Waals surface area (Å²) in [4.78, 5) is 11.3. The lowest BCUT2D eigenvalue weighted by atomic mass is 9.78. The Morgan fingerprint density at radius 3 is 2.90 bits per heavy atom. The molecule has 20 heavy (non-hydrogen) atoms. The number of ether oxygens (including phenoxy) is 2. The van der Waals surface area contributed by atoms with Crippen molar-refractivity contribution >= 4 is 5.97 Å². The van der Waals surface area contributed by atoms with Crippen molar-refractivity contribution in [1.82, 2.24) is 5.32 Å². The van der Waals surface area contributed by atoms with E-state index in [9.17, 15) is 4.79 Å². The summed E-state index contributed by atoms with van der Waals surface area (Å²) in [6.45, 7) is 4.12. The van der Waals surface area contributed by atoms with Gasteiger partial charge in [-0.1, -0.05) is 19.3 Å². The monoisotopic (exact) mass is 283 g/mol. The van der Waals surface area contributed by atoms with Gasteiger partial charge in [-0.2, -0.15) is 0 Å². The molecular formula is C16H29NO3. The molecule has 1 heterocycles. The Labute approximate surface area is 122 Å². The Hall–Kier alpha value is -0.610. The molecule has 4 heteroatoms. The molecule has 4 nitrogen and oxygen atoms in total.